The number of nitro benzene ring substituents is 1. The van der Waals surface area contributed by atoms with Crippen LogP contribution in [0.2, 0.25) is 0 Å². The van der Waals surface area contributed by atoms with Crippen LogP contribution in [0.1, 0.15) is 6.17 Å². The molecular weight excluding hydrogens is 428 g/mol. The highest BCUT2D eigenvalue weighted by atomic mass is 35.6. The third kappa shape index (κ3) is 4.07. The largest absolute Gasteiger partial charge is 0.331 e. The Morgan fingerprint density at radius 2 is 2.13 bits per heavy atom. The second-order valence-electron chi connectivity index (χ2n) is 4.29. The maximum Gasteiger partial charge on any atom is 0.270 e. The number of carbonyl (C=O) groups is 1. The van der Waals surface area contributed by atoms with Crippen molar-refractivity contribution in [1.82, 2.24) is 9.88 Å². The smallest absolute Gasteiger partial charge is 0.270 e. The van der Waals surface area contributed by atoms with Gasteiger partial charge in [-0.3, -0.25) is 19.5 Å². The molecule has 1 N–H and O–H groups in total. The number of benzene rings is 1. The molecule has 1 atom stereocenters. The number of amides is 1. The van der Waals surface area contributed by atoms with Crippen molar-refractivity contribution < 1.29 is 9.72 Å². The van der Waals surface area contributed by atoms with Crippen molar-refractivity contribution in [3.63, 3.8) is 0 Å². The van der Waals surface area contributed by atoms with Crippen molar-refractivity contribution in [3.8, 4) is 0 Å². The molecule has 0 saturated carbocycles. The Morgan fingerprint density at radius 1 is 1.48 bits per heavy atom. The van der Waals surface area contributed by atoms with E-state index in [4.69, 9.17) is 58.6 Å². The number of non-ortho nitro benzene ring substituents is 1. The molecule has 6 nitrogen and oxygen atoms in total. The van der Waals surface area contributed by atoms with Gasteiger partial charge < -0.3 is 5.32 Å². The van der Waals surface area contributed by atoms with Crippen LogP contribution < -0.4 is 5.32 Å². The minimum Gasteiger partial charge on any atom is -0.331 e. The Morgan fingerprint density at radius 3 is 2.65 bits per heavy atom. The molecule has 0 unspecified atom stereocenters. The van der Waals surface area contributed by atoms with Crippen LogP contribution in [0.5, 0.6) is 0 Å². The molecule has 12 heteroatoms. The monoisotopic (exact) mass is 433 g/mol. The molecule has 23 heavy (non-hydrogen) atoms. The number of hydrogen-bond donors (Lipinski definition) is 1. The van der Waals surface area contributed by atoms with Crippen LogP contribution in [0.3, 0.4) is 0 Å². The van der Waals surface area contributed by atoms with E-state index in [1.165, 1.54) is 22.8 Å². The molecule has 0 aliphatic rings. The third-order valence-electron chi connectivity index (χ3n) is 2.80. The first-order valence-corrected chi connectivity index (χ1v) is 8.76. The zero-order chi connectivity index (χ0) is 17.4. The fourth-order valence-electron chi connectivity index (χ4n) is 1.87. The number of aromatic nitrogens is 1. The molecule has 0 saturated heterocycles. The number of hydrogen-bond acceptors (Lipinski definition) is 5. The van der Waals surface area contributed by atoms with Gasteiger partial charge in [0.15, 0.2) is 10.1 Å². The Bertz CT molecular complexity index is 830. The minimum atomic E-state index is -1.91. The van der Waals surface area contributed by atoms with Crippen LogP contribution in [-0.2, 0) is 4.79 Å². The zero-order valence-corrected chi connectivity index (χ0v) is 15.6. The fourth-order valence-corrected chi connectivity index (χ4v) is 3.81. The maximum atomic E-state index is 11.6. The molecule has 0 aliphatic heterocycles. The van der Waals surface area contributed by atoms with Gasteiger partial charge in [0.1, 0.15) is 5.88 Å². The average molecular weight is 435 g/mol. The maximum absolute atomic E-state index is 11.6. The van der Waals surface area contributed by atoms with Gasteiger partial charge in [0, 0.05) is 12.1 Å². The SMILES string of the molecule is O=C(CCl)N[C@@H](n1c(=S)sc2cc([N+](=O)[O-])ccc21)C(Cl)(Cl)Cl. The average Bonchev–Trinajstić information content (AvgIpc) is 2.77. The van der Waals surface area contributed by atoms with E-state index < -0.39 is 20.8 Å². The Balaban J connectivity index is 2.63. The lowest BCUT2D eigenvalue weighted by molar-refractivity contribution is -0.384. The van der Waals surface area contributed by atoms with Crippen LogP contribution >= 0.6 is 70.0 Å². The highest BCUT2D eigenvalue weighted by molar-refractivity contribution is 7.73. The summed E-state index contributed by atoms with van der Waals surface area (Å²) in [6, 6.07) is 4.15. The number of rotatable bonds is 4. The molecule has 2 aromatic rings. The number of nitro groups is 1. The van der Waals surface area contributed by atoms with Gasteiger partial charge >= 0.3 is 0 Å². The molecule has 124 valence electrons. The van der Waals surface area contributed by atoms with E-state index in [9.17, 15) is 14.9 Å². The Labute approximate surface area is 159 Å². The van der Waals surface area contributed by atoms with E-state index in [-0.39, 0.29) is 15.5 Å². The van der Waals surface area contributed by atoms with Crippen LogP contribution in [0.4, 0.5) is 5.69 Å². The quantitative estimate of drug-likeness (QED) is 0.331. The lowest BCUT2D eigenvalue weighted by Gasteiger charge is -2.27. The molecule has 1 aromatic carbocycles. The second-order valence-corrected chi connectivity index (χ2v) is 8.60. The summed E-state index contributed by atoms with van der Waals surface area (Å²) in [5.74, 6) is -0.871. The summed E-state index contributed by atoms with van der Waals surface area (Å²) in [6.07, 6.45) is -1.11. The topological polar surface area (TPSA) is 77.2 Å². The number of alkyl halides is 4. The molecule has 1 aromatic heterocycles. The van der Waals surface area contributed by atoms with Gasteiger partial charge in [-0.1, -0.05) is 34.8 Å². The summed E-state index contributed by atoms with van der Waals surface area (Å²) < 4.78 is 0.335. The summed E-state index contributed by atoms with van der Waals surface area (Å²) in [5, 5.41) is 13.3. The molecule has 0 spiro atoms. The highest BCUT2D eigenvalue weighted by Crippen LogP contribution is 2.40. The van der Waals surface area contributed by atoms with Crippen molar-refractivity contribution in [2.24, 2.45) is 0 Å². The number of nitrogens with zero attached hydrogens (tertiary/aromatic N) is 2. The highest BCUT2D eigenvalue weighted by Gasteiger charge is 2.37. The predicted octanol–water partition coefficient (Wildman–Crippen LogP) is 4.56. The molecule has 1 amide bonds. The summed E-state index contributed by atoms with van der Waals surface area (Å²) in [5.41, 5.74) is 0.410. The first-order valence-electron chi connectivity index (χ1n) is 5.86. The van der Waals surface area contributed by atoms with Crippen LogP contribution in [0.15, 0.2) is 18.2 Å². The number of halogens is 4. The van der Waals surface area contributed by atoms with Gasteiger partial charge in [-0.05, 0) is 18.3 Å². The van der Waals surface area contributed by atoms with E-state index >= 15 is 0 Å². The van der Waals surface area contributed by atoms with E-state index in [0.717, 1.165) is 11.3 Å². The van der Waals surface area contributed by atoms with Gasteiger partial charge in [-0.2, -0.15) is 0 Å². The number of carbonyl (C=O) groups excluding carboxylic acids is 1. The molecule has 0 aliphatic carbocycles. The second kappa shape index (κ2) is 7.08. The number of fused-ring (bicyclic) bond motifs is 1. The molecule has 0 radical (unpaired) electrons. The summed E-state index contributed by atoms with van der Waals surface area (Å²) in [7, 11) is 0. The van der Waals surface area contributed by atoms with Crippen LogP contribution in [0, 0.1) is 14.1 Å². The Kier molecular flexibility index (Phi) is 5.76. The van der Waals surface area contributed by atoms with Crippen molar-refractivity contribution >= 4 is 91.8 Å². The fraction of sp³-hybridized carbons (Fsp3) is 0.273. The van der Waals surface area contributed by atoms with Crippen LogP contribution in [-0.4, -0.2) is 25.1 Å². The van der Waals surface area contributed by atoms with Gasteiger partial charge in [0.25, 0.3) is 5.69 Å². The number of thiazole rings is 1. The summed E-state index contributed by atoms with van der Waals surface area (Å²) in [6.45, 7) is 0. The van der Waals surface area contributed by atoms with E-state index in [2.05, 4.69) is 5.32 Å². The molecule has 0 fully saturated rings. The van der Waals surface area contributed by atoms with Crippen molar-refractivity contribution in [3.05, 3.63) is 32.3 Å². The number of nitrogens with one attached hydrogen (secondary N) is 1. The first kappa shape index (κ1) is 18.7. The van der Waals surface area contributed by atoms with E-state index in [1.807, 2.05) is 0 Å². The van der Waals surface area contributed by atoms with E-state index in [0.29, 0.717) is 10.2 Å². The normalized spacial score (nSPS) is 13.0. The summed E-state index contributed by atoms with van der Waals surface area (Å²) >= 11 is 29.7. The Hall–Kier alpha value is -0.640. The predicted molar refractivity (Wildman–Crippen MR) is 95.5 cm³/mol. The molecule has 2 rings (SSSR count). The summed E-state index contributed by atoms with van der Waals surface area (Å²) in [4.78, 5) is 21.9. The minimum absolute atomic E-state index is 0.0869. The van der Waals surface area contributed by atoms with Gasteiger partial charge in [-0.25, -0.2) is 0 Å². The lowest BCUT2D eigenvalue weighted by Crippen LogP contribution is -2.40. The van der Waals surface area contributed by atoms with Crippen molar-refractivity contribution in [2.75, 3.05) is 5.88 Å². The van der Waals surface area contributed by atoms with Gasteiger partial charge in [0.2, 0.25) is 9.70 Å². The standard InChI is InChI=1S/C11H7Cl4N3O3S2/c12-4-8(19)16-9(11(13,14)15)17-6-2-1-5(18(20)21)3-7(6)23-10(17)22/h1-3,9H,4H2,(H,16,19)/t9-/m0/s1. The third-order valence-corrected chi connectivity index (χ3v) is 5.02. The lowest BCUT2D eigenvalue weighted by atomic mass is 10.3. The van der Waals surface area contributed by atoms with E-state index in [1.54, 1.807) is 0 Å². The molecule has 0 bridgehead atoms. The first-order chi connectivity index (χ1) is 10.6. The molecular formula is C11H7Cl4N3O3S2. The van der Waals surface area contributed by atoms with Gasteiger partial charge in [-0.15, -0.1) is 22.9 Å². The van der Waals surface area contributed by atoms with Crippen molar-refractivity contribution in [2.45, 2.75) is 9.96 Å². The van der Waals surface area contributed by atoms with Crippen molar-refractivity contribution in [1.29, 1.82) is 0 Å². The van der Waals surface area contributed by atoms with Crippen LogP contribution in [0.25, 0.3) is 10.2 Å². The zero-order valence-electron chi connectivity index (χ0n) is 11.0. The molecule has 1 heterocycles. The van der Waals surface area contributed by atoms with Gasteiger partial charge in [0.05, 0.1) is 15.1 Å².